The van der Waals surface area contributed by atoms with Gasteiger partial charge in [-0.25, -0.2) is 4.98 Å². The number of hydrogen-bond acceptors (Lipinski definition) is 6. The third kappa shape index (κ3) is 2.55. The molecule has 2 aromatic rings. The fraction of sp³-hybridized carbons (Fsp3) is 0.562. The van der Waals surface area contributed by atoms with Crippen molar-refractivity contribution in [3.05, 3.63) is 39.4 Å². The Morgan fingerprint density at radius 3 is 3.00 bits per heavy atom. The van der Waals surface area contributed by atoms with Crippen molar-refractivity contribution in [2.45, 2.75) is 38.9 Å². The SMILES string of the molecule is CC1c2nc(CN3CCc4ncsc4C3)cnc2CCN1C. The zero-order chi connectivity index (χ0) is 15.1. The Morgan fingerprint density at radius 2 is 2.09 bits per heavy atom. The van der Waals surface area contributed by atoms with E-state index in [1.807, 2.05) is 11.7 Å². The number of fused-ring (bicyclic) bond motifs is 2. The first kappa shape index (κ1) is 14.2. The smallest absolute Gasteiger partial charge is 0.0798 e. The Labute approximate surface area is 135 Å². The maximum atomic E-state index is 4.92. The molecule has 2 aromatic heterocycles. The minimum atomic E-state index is 0.366. The first-order chi connectivity index (χ1) is 10.7. The van der Waals surface area contributed by atoms with Crippen LogP contribution in [-0.4, -0.2) is 44.9 Å². The van der Waals surface area contributed by atoms with E-state index in [2.05, 4.69) is 33.7 Å². The minimum absolute atomic E-state index is 0.366. The van der Waals surface area contributed by atoms with Crippen LogP contribution in [0.25, 0.3) is 0 Å². The van der Waals surface area contributed by atoms with Crippen molar-refractivity contribution in [1.29, 1.82) is 0 Å². The second-order valence-corrected chi connectivity index (χ2v) is 7.22. The molecule has 2 aliphatic heterocycles. The lowest BCUT2D eigenvalue weighted by atomic mass is 10.0. The van der Waals surface area contributed by atoms with Crippen LogP contribution < -0.4 is 0 Å². The number of nitrogens with zero attached hydrogens (tertiary/aromatic N) is 5. The lowest BCUT2D eigenvalue weighted by molar-refractivity contribution is 0.230. The van der Waals surface area contributed by atoms with Crippen LogP contribution in [0.3, 0.4) is 0 Å². The normalized spacial score (nSPS) is 22.4. The first-order valence-corrected chi connectivity index (χ1v) is 8.77. The van der Waals surface area contributed by atoms with Crippen LogP contribution in [0.15, 0.2) is 11.7 Å². The van der Waals surface area contributed by atoms with Crippen molar-refractivity contribution in [2.24, 2.45) is 0 Å². The van der Waals surface area contributed by atoms with Gasteiger partial charge in [-0.3, -0.25) is 19.8 Å². The van der Waals surface area contributed by atoms with E-state index in [1.165, 1.54) is 22.0 Å². The lowest BCUT2D eigenvalue weighted by Crippen LogP contribution is -2.33. The molecule has 22 heavy (non-hydrogen) atoms. The van der Waals surface area contributed by atoms with E-state index in [9.17, 15) is 0 Å². The molecule has 6 heteroatoms. The van der Waals surface area contributed by atoms with Crippen LogP contribution in [-0.2, 0) is 25.9 Å². The van der Waals surface area contributed by atoms with Gasteiger partial charge in [-0.1, -0.05) is 0 Å². The molecule has 0 spiro atoms. The Kier molecular flexibility index (Phi) is 3.68. The molecule has 1 unspecified atom stereocenters. The van der Waals surface area contributed by atoms with Crippen LogP contribution in [0.5, 0.6) is 0 Å². The second-order valence-electron chi connectivity index (χ2n) is 6.28. The molecule has 4 heterocycles. The highest BCUT2D eigenvalue weighted by atomic mass is 32.1. The molecular formula is C16H21N5S. The Hall–Kier alpha value is -1.37. The molecule has 116 valence electrons. The van der Waals surface area contributed by atoms with E-state index < -0.39 is 0 Å². The Bertz CT molecular complexity index is 683. The standard InChI is InChI=1S/C16H21N5S/c1-11-16-14(3-5-20(11)2)17-7-12(19-16)8-21-6-4-13-15(9-21)22-10-18-13/h7,10-11H,3-6,8-9H2,1-2H3. The minimum Gasteiger partial charge on any atom is -0.298 e. The van der Waals surface area contributed by atoms with Gasteiger partial charge in [0.2, 0.25) is 0 Å². The highest BCUT2D eigenvalue weighted by molar-refractivity contribution is 7.09. The summed E-state index contributed by atoms with van der Waals surface area (Å²) >= 11 is 1.77. The molecule has 1 atom stereocenters. The van der Waals surface area contributed by atoms with Gasteiger partial charge in [-0.15, -0.1) is 11.3 Å². The molecule has 0 aliphatic carbocycles. The van der Waals surface area contributed by atoms with Crippen LogP contribution >= 0.6 is 11.3 Å². The summed E-state index contributed by atoms with van der Waals surface area (Å²) in [5.74, 6) is 0. The van der Waals surface area contributed by atoms with E-state index in [0.29, 0.717) is 6.04 Å². The third-order valence-electron chi connectivity index (χ3n) is 4.83. The molecule has 4 rings (SSSR count). The molecule has 0 saturated heterocycles. The molecule has 5 nitrogen and oxygen atoms in total. The van der Waals surface area contributed by atoms with E-state index in [4.69, 9.17) is 4.98 Å². The molecule has 0 amide bonds. The predicted molar refractivity (Wildman–Crippen MR) is 86.7 cm³/mol. The summed E-state index contributed by atoms with van der Waals surface area (Å²) in [6, 6.07) is 0.366. The van der Waals surface area contributed by atoms with Crippen molar-refractivity contribution in [1.82, 2.24) is 24.8 Å². The van der Waals surface area contributed by atoms with Crippen LogP contribution in [0.2, 0.25) is 0 Å². The van der Waals surface area contributed by atoms with Crippen molar-refractivity contribution in [3.63, 3.8) is 0 Å². The van der Waals surface area contributed by atoms with Gasteiger partial charge in [0.25, 0.3) is 0 Å². The monoisotopic (exact) mass is 315 g/mol. The van der Waals surface area contributed by atoms with Crippen molar-refractivity contribution >= 4 is 11.3 Å². The number of rotatable bonds is 2. The molecule has 0 bridgehead atoms. The summed E-state index contributed by atoms with van der Waals surface area (Å²) in [6.07, 6.45) is 4.03. The van der Waals surface area contributed by atoms with Crippen LogP contribution in [0.1, 0.15) is 40.6 Å². The summed E-state index contributed by atoms with van der Waals surface area (Å²) in [7, 11) is 2.16. The highest BCUT2D eigenvalue weighted by Crippen LogP contribution is 2.26. The fourth-order valence-electron chi connectivity index (χ4n) is 3.29. The molecule has 0 aromatic carbocycles. The van der Waals surface area contributed by atoms with E-state index >= 15 is 0 Å². The zero-order valence-electron chi connectivity index (χ0n) is 13.1. The van der Waals surface area contributed by atoms with Crippen LogP contribution in [0.4, 0.5) is 0 Å². The summed E-state index contributed by atoms with van der Waals surface area (Å²) in [6.45, 7) is 6.23. The van der Waals surface area contributed by atoms with E-state index in [-0.39, 0.29) is 0 Å². The zero-order valence-corrected chi connectivity index (χ0v) is 13.9. The molecule has 2 aliphatic rings. The van der Waals surface area contributed by atoms with Gasteiger partial charge in [-0.2, -0.15) is 0 Å². The number of thiazole rings is 1. The Morgan fingerprint density at radius 1 is 1.23 bits per heavy atom. The summed E-state index contributed by atoms with van der Waals surface area (Å²) in [5, 5.41) is 0. The molecule has 0 saturated carbocycles. The van der Waals surface area contributed by atoms with Crippen LogP contribution in [0, 0.1) is 0 Å². The average Bonchev–Trinajstić information content (AvgIpc) is 2.99. The van der Waals surface area contributed by atoms with E-state index in [0.717, 1.165) is 44.7 Å². The lowest BCUT2D eigenvalue weighted by Gasteiger charge is -2.31. The first-order valence-electron chi connectivity index (χ1n) is 7.89. The number of aromatic nitrogens is 3. The molecule has 0 fully saturated rings. The van der Waals surface area contributed by atoms with Crippen molar-refractivity contribution in [2.75, 3.05) is 20.1 Å². The van der Waals surface area contributed by atoms with Gasteiger partial charge in [0, 0.05) is 43.9 Å². The molecular weight excluding hydrogens is 294 g/mol. The largest absolute Gasteiger partial charge is 0.298 e. The van der Waals surface area contributed by atoms with Crippen molar-refractivity contribution in [3.8, 4) is 0 Å². The maximum absolute atomic E-state index is 4.92. The average molecular weight is 315 g/mol. The van der Waals surface area contributed by atoms with Gasteiger partial charge in [0.05, 0.1) is 40.5 Å². The Balaban J connectivity index is 1.52. The highest BCUT2D eigenvalue weighted by Gasteiger charge is 2.24. The summed E-state index contributed by atoms with van der Waals surface area (Å²) in [5.41, 5.74) is 6.69. The van der Waals surface area contributed by atoms with Gasteiger partial charge in [0.15, 0.2) is 0 Å². The van der Waals surface area contributed by atoms with Gasteiger partial charge in [-0.05, 0) is 14.0 Å². The maximum Gasteiger partial charge on any atom is 0.0798 e. The summed E-state index contributed by atoms with van der Waals surface area (Å²) < 4.78 is 0. The molecule has 0 N–H and O–H groups in total. The van der Waals surface area contributed by atoms with Gasteiger partial charge < -0.3 is 0 Å². The van der Waals surface area contributed by atoms with Gasteiger partial charge in [0.1, 0.15) is 0 Å². The predicted octanol–water partition coefficient (Wildman–Crippen LogP) is 2.04. The third-order valence-corrected chi connectivity index (χ3v) is 5.69. The summed E-state index contributed by atoms with van der Waals surface area (Å²) in [4.78, 5) is 20.2. The van der Waals surface area contributed by atoms with Crippen molar-refractivity contribution < 1.29 is 0 Å². The molecule has 0 radical (unpaired) electrons. The quantitative estimate of drug-likeness (QED) is 0.848. The van der Waals surface area contributed by atoms with Gasteiger partial charge >= 0.3 is 0 Å². The topological polar surface area (TPSA) is 45.2 Å². The second kappa shape index (κ2) is 5.68. The fourth-order valence-corrected chi connectivity index (χ4v) is 4.15. The van der Waals surface area contributed by atoms with E-state index in [1.54, 1.807) is 11.3 Å². The number of likely N-dealkylation sites (N-methyl/N-ethyl adjacent to an activating group) is 1. The number of hydrogen-bond donors (Lipinski definition) is 0.